The van der Waals surface area contributed by atoms with Crippen molar-refractivity contribution < 1.29 is 71.6 Å². The van der Waals surface area contributed by atoms with Gasteiger partial charge in [0, 0.05) is 188 Å². The number of hydrogen-bond acceptors (Lipinski definition) is 33. The molecule has 10 aromatic rings. The molecule has 136 heavy (non-hydrogen) atoms. The first-order valence-corrected chi connectivity index (χ1v) is 48.5. The fourth-order valence-electron chi connectivity index (χ4n) is 16.9. The molecular formula is C100H145N21O15. The zero-order valence-corrected chi connectivity index (χ0v) is 80.8. The van der Waals surface area contributed by atoms with Crippen LogP contribution in [0.2, 0.25) is 0 Å². The van der Waals surface area contributed by atoms with Crippen LogP contribution in [0, 0.1) is 11.8 Å². The molecule has 7 aliphatic rings. The van der Waals surface area contributed by atoms with Crippen LogP contribution < -0.4 is 63.9 Å². The van der Waals surface area contributed by atoms with Gasteiger partial charge in [0.1, 0.15) is 41.1 Å². The van der Waals surface area contributed by atoms with Gasteiger partial charge in [0.15, 0.2) is 0 Å². The highest BCUT2D eigenvalue weighted by molar-refractivity contribution is 5.94. The Morgan fingerprint density at radius 1 is 0.404 bits per heavy atom. The minimum Gasteiger partial charge on any atom is -0.488 e. The number of aliphatic hydroxyl groups excluding tert-OH is 1. The van der Waals surface area contributed by atoms with E-state index in [2.05, 4.69) is 93.4 Å². The lowest BCUT2D eigenvalue weighted by atomic mass is 9.82. The molecule has 1 unspecified atom stereocenters. The monoisotopic (exact) mass is 1880 g/mol. The number of amides is 3. The number of benzene rings is 4. The van der Waals surface area contributed by atoms with Crippen LogP contribution in [0.25, 0.3) is 44.1 Å². The van der Waals surface area contributed by atoms with Crippen LogP contribution in [0.4, 0.5) is 49.8 Å². The molecule has 2 atom stereocenters. The Labute approximate surface area is 799 Å². The highest BCUT2D eigenvalue weighted by atomic mass is 16.6. The molecular weight excluding hydrogens is 1740 g/mol. The number of ether oxygens (including phenoxy) is 11. The Hall–Kier alpha value is -11.6. The van der Waals surface area contributed by atoms with Crippen LogP contribution in [-0.4, -0.2) is 245 Å². The zero-order chi connectivity index (χ0) is 96.6. The molecule has 4 saturated carbocycles. The van der Waals surface area contributed by atoms with Crippen molar-refractivity contribution in [2.45, 2.75) is 238 Å². The summed E-state index contributed by atoms with van der Waals surface area (Å²) in [4.78, 5) is 86.6. The van der Waals surface area contributed by atoms with Gasteiger partial charge in [0.05, 0.1) is 121 Å². The molecule has 6 aromatic heterocycles. The second-order valence-electron chi connectivity index (χ2n) is 34.1. The third-order valence-corrected chi connectivity index (χ3v) is 24.1. The Kier molecular flexibility index (Phi) is 45.9. The van der Waals surface area contributed by atoms with Crippen molar-refractivity contribution in [1.29, 1.82) is 0 Å². The number of aromatic nitrogens is 11. The number of carbonyl (C=O) groups is 3. The number of aliphatic hydroxyl groups is 1. The van der Waals surface area contributed by atoms with Crippen molar-refractivity contribution in [3.8, 4) is 11.5 Å². The summed E-state index contributed by atoms with van der Waals surface area (Å²) < 4.78 is 57.9. The lowest BCUT2D eigenvalue weighted by molar-refractivity contribution is 0.0101. The Morgan fingerprint density at radius 3 is 1.21 bits per heavy atom. The normalized spacial score (nSPS) is 20.4. The molecule has 3 saturated heterocycles. The SMILES string of the molecule is CCOCC.CCOCC.CCOCC.CCOCC.CN(c1cnc(NC2CCC(Oc3cc(N)cc4nccnc34)CC2)nc1)C1COC1.Nc1cc(CC2CCC(NC(=O)OC3CCOC3)CC2)c2nccnc2c1.Nc1cc(CC2CCC(NC(=O)OCCO)CC2)c2nccnc2c1.Nc1cc(OC2CCC(Nc3ccc(C(=O)N[C@H]4CCOC4)cn3)CC2)c2nccnc2c1. The van der Waals surface area contributed by atoms with E-state index in [1.807, 2.05) is 116 Å². The number of nitrogens with two attached hydrogens (primary N) is 4. The maximum Gasteiger partial charge on any atom is 0.407 e. The molecule has 0 radical (unpaired) electrons. The summed E-state index contributed by atoms with van der Waals surface area (Å²) in [6.07, 6.45) is 37.3. The van der Waals surface area contributed by atoms with Gasteiger partial charge in [-0.15, -0.1) is 0 Å². The molecule has 0 spiro atoms. The number of anilines is 7. The third-order valence-electron chi connectivity index (χ3n) is 24.1. The van der Waals surface area contributed by atoms with Crippen molar-refractivity contribution in [3.05, 3.63) is 146 Å². The van der Waals surface area contributed by atoms with Crippen molar-refractivity contribution in [2.24, 2.45) is 11.8 Å². The number of rotatable bonds is 29. The van der Waals surface area contributed by atoms with Crippen LogP contribution in [0.1, 0.15) is 192 Å². The number of likely N-dealkylation sites (N-methyl/N-ethyl adjacent to an activating group) is 1. The van der Waals surface area contributed by atoms with Crippen LogP contribution in [0.5, 0.6) is 11.5 Å². The quantitative estimate of drug-likeness (QED) is 0.0195. The number of hydrogen-bond donors (Lipinski definition) is 10. The van der Waals surface area contributed by atoms with Crippen LogP contribution in [0.15, 0.2) is 129 Å². The van der Waals surface area contributed by atoms with Gasteiger partial charge in [-0.3, -0.25) is 34.7 Å². The number of pyridine rings is 1. The van der Waals surface area contributed by atoms with Gasteiger partial charge in [-0.05, 0) is 249 Å². The van der Waals surface area contributed by atoms with E-state index in [1.165, 1.54) is 0 Å². The molecule has 740 valence electrons. The summed E-state index contributed by atoms with van der Waals surface area (Å²) in [7, 11) is 2.05. The van der Waals surface area contributed by atoms with E-state index < -0.39 is 6.09 Å². The van der Waals surface area contributed by atoms with Gasteiger partial charge in [-0.25, -0.2) is 34.5 Å². The minimum atomic E-state index is -0.449. The molecule has 36 nitrogen and oxygen atoms in total. The number of fused-ring (bicyclic) bond motifs is 4. The standard InChI is InChI=1S/C24H28N6O3.C22H27N7O2.C20H26N4O3.C18H24N4O3.4C4H10O/c25-16-11-20-23(27-9-8-26-20)21(12-16)33-19-4-2-17(3-5-19)29-22-6-1-15(13-28-22)24(31)30-18-7-10-32-14-18;1-29(17-12-30-13-17)16-10-26-22(27-11-16)28-15-2-4-18(5-3-15)31-20-9-14(23)8-19-21(20)25-7-6-24-19;21-15-10-14(19-18(11-15)22-6-7-23-19)9-13-1-3-16(4-2-13)24-20(25)27-17-5-8-26-12-17;19-14-10-13(17-16(11-14)20-5-6-21-17)9-12-1-3-15(4-2-12)22-18(24)25-8-7-23;4*1-3-5-4-2/h1,6,8-9,11-13,17-19H,2-5,7,10,14,25H2,(H,28,29)(H,30,31);6-11,15,17-18H,2-5,12-13,23H2,1H3,(H,26,27,28);6-7,10-11,13,16-17H,1-5,8-9,12,21H2,(H,24,25);5-6,10-12,15,23H,1-4,7-9,19H2,(H,22,24);4*3-4H2,1-2H3/t17?,18-,19?;;;;;;;/m0......./s1. The Morgan fingerprint density at radius 2 is 0.816 bits per heavy atom. The maximum atomic E-state index is 12.3. The van der Waals surface area contributed by atoms with Gasteiger partial charge in [-0.1, -0.05) is 0 Å². The molecule has 3 aliphatic heterocycles. The molecule has 0 bridgehead atoms. The first-order chi connectivity index (χ1) is 66.3. The molecule has 4 aliphatic carbocycles. The minimum absolute atomic E-state index is 0.0325. The molecule has 3 amide bonds. The zero-order valence-electron chi connectivity index (χ0n) is 80.8. The van der Waals surface area contributed by atoms with Crippen LogP contribution in [0.3, 0.4) is 0 Å². The second-order valence-corrected chi connectivity index (χ2v) is 34.1. The van der Waals surface area contributed by atoms with E-state index in [0.717, 1.165) is 267 Å². The van der Waals surface area contributed by atoms with Crippen molar-refractivity contribution in [3.63, 3.8) is 0 Å². The maximum absolute atomic E-state index is 12.3. The molecule has 14 N–H and O–H groups in total. The first-order valence-electron chi connectivity index (χ1n) is 48.5. The van der Waals surface area contributed by atoms with E-state index in [0.29, 0.717) is 96.5 Å². The average molecular weight is 1880 g/mol. The second kappa shape index (κ2) is 58.7. The third kappa shape index (κ3) is 35.8. The highest BCUT2D eigenvalue weighted by Crippen LogP contribution is 2.36. The average Bonchev–Trinajstić information content (AvgIpc) is 0.883. The van der Waals surface area contributed by atoms with E-state index >= 15 is 0 Å². The summed E-state index contributed by atoms with van der Waals surface area (Å²) in [6.45, 7) is 26.5. The smallest absolute Gasteiger partial charge is 0.407 e. The lowest BCUT2D eigenvalue weighted by Gasteiger charge is -2.35. The van der Waals surface area contributed by atoms with Crippen molar-refractivity contribution >= 4 is 102 Å². The van der Waals surface area contributed by atoms with Crippen molar-refractivity contribution in [1.82, 2.24) is 70.8 Å². The molecule has 17 rings (SSSR count). The topological polar surface area (TPSA) is 482 Å². The summed E-state index contributed by atoms with van der Waals surface area (Å²) in [5.74, 6) is 3.84. The number of nitrogen functional groups attached to an aromatic ring is 4. The number of carbonyl (C=O) groups excluding carboxylic acids is 3. The Bertz CT molecular complexity index is 5100. The molecule has 7 fully saturated rings. The summed E-state index contributed by atoms with van der Waals surface area (Å²) in [5.41, 5.74) is 37.1. The molecule has 36 heteroatoms. The van der Waals surface area contributed by atoms with Crippen molar-refractivity contribution in [2.75, 3.05) is 151 Å². The van der Waals surface area contributed by atoms with Gasteiger partial charge in [-0.2, -0.15) is 0 Å². The van der Waals surface area contributed by atoms with Gasteiger partial charge in [0.2, 0.25) is 5.95 Å². The predicted molar refractivity (Wildman–Crippen MR) is 530 cm³/mol. The van der Waals surface area contributed by atoms with Crippen LogP contribution in [-0.2, 0) is 55.5 Å². The van der Waals surface area contributed by atoms with E-state index in [-0.39, 0.29) is 61.7 Å². The van der Waals surface area contributed by atoms with Gasteiger partial charge in [0.25, 0.3) is 5.91 Å². The van der Waals surface area contributed by atoms with E-state index in [4.69, 9.17) is 80.1 Å². The van der Waals surface area contributed by atoms with E-state index in [1.54, 1.807) is 67.9 Å². The number of alkyl carbamates (subject to hydrolysis) is 2. The highest BCUT2D eigenvalue weighted by Gasteiger charge is 2.31. The first kappa shape index (κ1) is 106. The number of nitrogens with zero attached hydrogens (tertiary/aromatic N) is 12. The van der Waals surface area contributed by atoms with E-state index in [9.17, 15) is 14.4 Å². The fraction of sp³-hybridized carbons (Fsp3) is 0.560. The Balaban J connectivity index is 0.000000176. The lowest BCUT2D eigenvalue weighted by Crippen LogP contribution is -2.47. The van der Waals surface area contributed by atoms with Gasteiger partial charge >= 0.3 is 12.2 Å². The largest absolute Gasteiger partial charge is 0.488 e. The summed E-state index contributed by atoms with van der Waals surface area (Å²) in [6, 6.07) is 20.2. The summed E-state index contributed by atoms with van der Waals surface area (Å²) in [5, 5.41) is 24.5. The molecule has 4 aromatic carbocycles. The van der Waals surface area contributed by atoms with Crippen LogP contribution >= 0.6 is 0 Å². The number of nitrogens with one attached hydrogen (secondary N) is 5. The fourth-order valence-corrected chi connectivity index (χ4v) is 16.9. The predicted octanol–water partition coefficient (Wildman–Crippen LogP) is 14.6. The molecule has 9 heterocycles. The summed E-state index contributed by atoms with van der Waals surface area (Å²) >= 11 is 0. The van der Waals surface area contributed by atoms with Gasteiger partial charge < -0.3 is 112 Å².